The van der Waals surface area contributed by atoms with Crippen molar-refractivity contribution in [1.82, 2.24) is 14.1 Å². The predicted molar refractivity (Wildman–Crippen MR) is 95.6 cm³/mol. The molecule has 0 bridgehead atoms. The van der Waals surface area contributed by atoms with Gasteiger partial charge in [0.2, 0.25) is 10.0 Å². The van der Waals surface area contributed by atoms with Crippen LogP contribution in [0.4, 0.5) is 0 Å². The number of hydrogen-bond acceptors (Lipinski definition) is 3. The van der Waals surface area contributed by atoms with E-state index in [1.54, 1.807) is 4.31 Å². The molecule has 1 aliphatic carbocycles. The zero-order chi connectivity index (χ0) is 17.5. The van der Waals surface area contributed by atoms with Crippen LogP contribution in [-0.4, -0.2) is 35.6 Å². The van der Waals surface area contributed by atoms with Crippen molar-refractivity contribution in [2.24, 2.45) is 5.92 Å². The van der Waals surface area contributed by atoms with E-state index in [-0.39, 0.29) is 5.41 Å². The molecular weight excluding hydrogens is 322 g/mol. The van der Waals surface area contributed by atoms with E-state index in [0.717, 1.165) is 25.7 Å². The van der Waals surface area contributed by atoms with Gasteiger partial charge < -0.3 is 0 Å². The molecule has 0 spiro atoms. The Morgan fingerprint density at radius 3 is 2.21 bits per heavy atom. The van der Waals surface area contributed by atoms with E-state index in [9.17, 15) is 8.42 Å². The second-order valence-corrected chi connectivity index (χ2v) is 10.5. The molecule has 2 fully saturated rings. The zero-order valence-corrected chi connectivity index (χ0v) is 16.3. The normalized spacial score (nSPS) is 22.3. The third-order valence-electron chi connectivity index (χ3n) is 5.47. The van der Waals surface area contributed by atoms with E-state index >= 15 is 0 Å². The first-order valence-corrected chi connectivity index (χ1v) is 10.7. The summed E-state index contributed by atoms with van der Waals surface area (Å²) >= 11 is 0. The number of rotatable bonds is 3. The van der Waals surface area contributed by atoms with E-state index < -0.39 is 10.0 Å². The Morgan fingerprint density at radius 2 is 1.67 bits per heavy atom. The summed E-state index contributed by atoms with van der Waals surface area (Å²) in [4.78, 5) is 0.427. The Labute approximate surface area is 146 Å². The van der Waals surface area contributed by atoms with Gasteiger partial charge in [-0.25, -0.2) is 8.42 Å². The first kappa shape index (κ1) is 17.9. The van der Waals surface area contributed by atoms with Crippen molar-refractivity contribution in [2.45, 2.75) is 82.6 Å². The molecule has 1 saturated heterocycles. The van der Waals surface area contributed by atoms with Crippen molar-refractivity contribution in [3.63, 3.8) is 0 Å². The van der Waals surface area contributed by atoms with E-state index in [2.05, 4.69) is 6.92 Å². The quantitative estimate of drug-likeness (QED) is 0.832. The molecule has 136 valence electrons. The largest absolute Gasteiger partial charge is 0.268 e. The fourth-order valence-corrected chi connectivity index (χ4v) is 5.61. The van der Waals surface area contributed by atoms with Crippen molar-refractivity contribution in [3.8, 4) is 0 Å². The molecule has 1 aromatic heterocycles. The summed E-state index contributed by atoms with van der Waals surface area (Å²) in [5.74, 6) is 0.611. The third-order valence-corrected chi connectivity index (χ3v) is 7.37. The Morgan fingerprint density at radius 1 is 1.08 bits per heavy atom. The second-order valence-electron chi connectivity index (χ2n) is 8.60. The van der Waals surface area contributed by atoms with Crippen LogP contribution in [0.5, 0.6) is 0 Å². The lowest BCUT2D eigenvalue weighted by Crippen LogP contribution is -2.38. The van der Waals surface area contributed by atoms with Crippen molar-refractivity contribution < 1.29 is 8.42 Å². The van der Waals surface area contributed by atoms with Gasteiger partial charge in [-0.2, -0.15) is 9.40 Å². The fourth-order valence-electron chi connectivity index (χ4n) is 3.80. The molecule has 2 heterocycles. The average molecular weight is 354 g/mol. The van der Waals surface area contributed by atoms with Crippen LogP contribution in [0.25, 0.3) is 0 Å². The molecule has 0 unspecified atom stereocenters. The fraction of sp³-hybridized carbons (Fsp3) is 0.833. The maximum Gasteiger partial charge on any atom is 0.246 e. The molecule has 0 amide bonds. The molecule has 6 heteroatoms. The van der Waals surface area contributed by atoms with Crippen LogP contribution in [0.15, 0.2) is 11.1 Å². The molecule has 0 aromatic carbocycles. The minimum atomic E-state index is -3.46. The smallest absolute Gasteiger partial charge is 0.246 e. The van der Waals surface area contributed by atoms with Crippen LogP contribution < -0.4 is 0 Å². The van der Waals surface area contributed by atoms with Crippen LogP contribution in [0.1, 0.15) is 78.0 Å². The Kier molecular flexibility index (Phi) is 4.82. The first-order valence-electron chi connectivity index (χ1n) is 9.29. The topological polar surface area (TPSA) is 55.2 Å². The molecular formula is C18H31N3O2S. The second kappa shape index (κ2) is 6.45. The van der Waals surface area contributed by atoms with E-state index in [1.165, 1.54) is 12.8 Å². The molecule has 3 rings (SSSR count). The van der Waals surface area contributed by atoms with E-state index in [0.29, 0.717) is 35.6 Å². The summed E-state index contributed by atoms with van der Waals surface area (Å²) in [6, 6.07) is 0.358. The monoisotopic (exact) mass is 353 g/mol. The minimum Gasteiger partial charge on any atom is -0.268 e. The Hall–Kier alpha value is -0.880. The van der Waals surface area contributed by atoms with Gasteiger partial charge >= 0.3 is 0 Å². The van der Waals surface area contributed by atoms with Gasteiger partial charge in [0, 0.05) is 24.7 Å². The molecule has 5 nitrogen and oxygen atoms in total. The van der Waals surface area contributed by atoms with Crippen molar-refractivity contribution in [3.05, 3.63) is 11.9 Å². The Balaban J connectivity index is 1.98. The molecule has 1 saturated carbocycles. The van der Waals surface area contributed by atoms with Gasteiger partial charge in [-0.1, -0.05) is 40.5 Å². The highest BCUT2D eigenvalue weighted by Gasteiger charge is 2.36. The third kappa shape index (κ3) is 3.40. The zero-order valence-electron chi connectivity index (χ0n) is 15.5. The van der Waals surface area contributed by atoms with E-state index in [1.807, 2.05) is 31.6 Å². The number of piperidine rings is 1. The number of sulfonamides is 1. The number of hydrogen-bond donors (Lipinski definition) is 0. The molecule has 2 aliphatic rings. The summed E-state index contributed by atoms with van der Waals surface area (Å²) in [5, 5.41) is 4.75. The maximum absolute atomic E-state index is 13.3. The van der Waals surface area contributed by atoms with Gasteiger partial charge in [-0.05, 0) is 31.6 Å². The highest BCUT2D eigenvalue weighted by molar-refractivity contribution is 7.89. The molecule has 1 aromatic rings. The van der Waals surface area contributed by atoms with Crippen molar-refractivity contribution in [1.29, 1.82) is 0 Å². The number of nitrogens with zero attached hydrogens (tertiary/aromatic N) is 3. The van der Waals surface area contributed by atoms with E-state index in [4.69, 9.17) is 5.10 Å². The molecule has 0 atom stereocenters. The van der Waals surface area contributed by atoms with Crippen LogP contribution in [0.3, 0.4) is 0 Å². The van der Waals surface area contributed by atoms with Crippen LogP contribution in [0, 0.1) is 5.92 Å². The van der Waals surface area contributed by atoms with Crippen molar-refractivity contribution in [2.75, 3.05) is 13.1 Å². The van der Waals surface area contributed by atoms with Gasteiger partial charge in [-0.15, -0.1) is 0 Å². The summed E-state index contributed by atoms with van der Waals surface area (Å²) in [5.41, 5.74) is 0.433. The summed E-state index contributed by atoms with van der Waals surface area (Å²) in [6.45, 7) is 9.59. The molecule has 24 heavy (non-hydrogen) atoms. The number of aromatic nitrogens is 2. The summed E-state index contributed by atoms with van der Waals surface area (Å²) in [7, 11) is -3.46. The first-order chi connectivity index (χ1) is 11.2. The SMILES string of the molecule is CC1CCN(S(=O)(=O)c2cn(C3CCCC3)nc2C(C)(C)C)CC1. The lowest BCUT2D eigenvalue weighted by Gasteiger charge is -2.30. The van der Waals surface area contributed by atoms with Crippen LogP contribution in [0.2, 0.25) is 0 Å². The average Bonchev–Trinajstić information content (AvgIpc) is 3.16. The molecule has 1 aliphatic heterocycles. The van der Waals surface area contributed by atoms with Gasteiger partial charge in [0.25, 0.3) is 0 Å². The van der Waals surface area contributed by atoms with Crippen LogP contribution in [-0.2, 0) is 15.4 Å². The lowest BCUT2D eigenvalue weighted by molar-refractivity contribution is 0.287. The standard InChI is InChI=1S/C18H31N3O2S/c1-14-9-11-20(12-10-14)24(22,23)16-13-21(15-7-5-6-8-15)19-17(16)18(2,3)4/h13-15H,5-12H2,1-4H3. The molecule has 0 radical (unpaired) electrons. The molecule has 0 N–H and O–H groups in total. The van der Waals surface area contributed by atoms with Gasteiger partial charge in [0.1, 0.15) is 4.90 Å². The summed E-state index contributed by atoms with van der Waals surface area (Å²) in [6.07, 6.45) is 8.33. The Bertz CT molecular complexity index is 674. The van der Waals surface area contributed by atoms with Gasteiger partial charge in [0.05, 0.1) is 11.7 Å². The van der Waals surface area contributed by atoms with Crippen molar-refractivity contribution >= 4 is 10.0 Å². The van der Waals surface area contributed by atoms with Gasteiger partial charge in [0.15, 0.2) is 0 Å². The maximum atomic E-state index is 13.3. The predicted octanol–water partition coefficient (Wildman–Crippen LogP) is 3.72. The highest BCUT2D eigenvalue weighted by Crippen LogP contribution is 2.35. The highest BCUT2D eigenvalue weighted by atomic mass is 32.2. The summed E-state index contributed by atoms with van der Waals surface area (Å²) < 4.78 is 30.1. The van der Waals surface area contributed by atoms with Crippen LogP contribution >= 0.6 is 0 Å². The minimum absolute atomic E-state index is 0.282. The van der Waals surface area contributed by atoms with Gasteiger partial charge in [-0.3, -0.25) is 4.68 Å². The lowest BCUT2D eigenvalue weighted by atomic mass is 9.92.